The first-order valence-corrected chi connectivity index (χ1v) is 9.51. The van der Waals surface area contributed by atoms with E-state index in [-0.39, 0.29) is 27.6 Å². The lowest BCUT2D eigenvalue weighted by Crippen LogP contribution is -2.44. The predicted octanol–water partition coefficient (Wildman–Crippen LogP) is 4.24. The fourth-order valence-corrected chi connectivity index (χ4v) is 3.99. The summed E-state index contributed by atoms with van der Waals surface area (Å²) in [5.74, 6) is -2.33. The molecule has 3 rings (SSSR count). The van der Waals surface area contributed by atoms with Crippen LogP contribution in [0.1, 0.15) is 35.3 Å². The number of ketones is 1. The van der Waals surface area contributed by atoms with Gasteiger partial charge in [0, 0.05) is 5.69 Å². The van der Waals surface area contributed by atoms with E-state index in [1.54, 1.807) is 0 Å². The van der Waals surface area contributed by atoms with Crippen LogP contribution in [0.3, 0.4) is 0 Å². The van der Waals surface area contributed by atoms with E-state index in [0.29, 0.717) is 0 Å². The highest BCUT2D eigenvalue weighted by molar-refractivity contribution is 7.81. The number of aliphatic hydroxyl groups is 1. The Labute approximate surface area is 180 Å². The van der Waals surface area contributed by atoms with Crippen molar-refractivity contribution in [2.45, 2.75) is 32.5 Å². The second kappa shape index (κ2) is 7.69. The highest BCUT2D eigenvalue weighted by atomic mass is 32.1. The molecular weight excluding hydrogens is 436 g/mol. The standard InChI is InChI=1S/C21H18F4N2O3S/c1-11-4-5-12(8-15(11)21(23,24)25)26-18(30)20(2,3)27(19(26)31)13-6-7-14(16(22)9-13)17(29)10-28/h4-9,28H,10H2,1-3H3. The number of carbonyl (C=O) groups is 2. The first-order chi connectivity index (χ1) is 14.3. The molecule has 2 aromatic carbocycles. The number of carbonyl (C=O) groups excluding carboxylic acids is 2. The summed E-state index contributed by atoms with van der Waals surface area (Å²) in [6, 6.07) is 6.96. The topological polar surface area (TPSA) is 60.9 Å². The van der Waals surface area contributed by atoms with Crippen LogP contribution in [0.5, 0.6) is 0 Å². The number of halogens is 4. The van der Waals surface area contributed by atoms with Crippen molar-refractivity contribution in [1.29, 1.82) is 0 Å². The van der Waals surface area contributed by atoms with E-state index in [4.69, 9.17) is 17.3 Å². The van der Waals surface area contributed by atoms with E-state index in [9.17, 15) is 27.2 Å². The van der Waals surface area contributed by atoms with Gasteiger partial charge >= 0.3 is 6.18 Å². The number of aryl methyl sites for hydroxylation is 1. The molecule has 2 aromatic rings. The number of hydrogen-bond donors (Lipinski definition) is 1. The van der Waals surface area contributed by atoms with Gasteiger partial charge in [-0.25, -0.2) is 4.39 Å². The average molecular weight is 454 g/mol. The van der Waals surface area contributed by atoms with Gasteiger partial charge in [0.15, 0.2) is 10.9 Å². The summed E-state index contributed by atoms with van der Waals surface area (Å²) < 4.78 is 54.5. The SMILES string of the molecule is Cc1ccc(N2C(=O)C(C)(C)N(c3ccc(C(=O)CO)c(F)c3)C2=S)cc1C(F)(F)F. The number of nitrogens with zero attached hydrogens (tertiary/aromatic N) is 2. The Balaban J connectivity index is 2.08. The molecule has 5 nitrogen and oxygen atoms in total. The van der Waals surface area contributed by atoms with Crippen molar-refractivity contribution >= 4 is 40.4 Å². The minimum atomic E-state index is -4.61. The van der Waals surface area contributed by atoms with Crippen molar-refractivity contribution in [1.82, 2.24) is 0 Å². The van der Waals surface area contributed by atoms with Gasteiger partial charge in [-0.3, -0.25) is 14.5 Å². The Bertz CT molecular complexity index is 1100. The number of rotatable bonds is 4. The van der Waals surface area contributed by atoms with Gasteiger partial charge in [-0.1, -0.05) is 6.07 Å². The summed E-state index contributed by atoms with van der Waals surface area (Å²) in [4.78, 5) is 27.0. The van der Waals surface area contributed by atoms with Crippen LogP contribution in [0.25, 0.3) is 0 Å². The van der Waals surface area contributed by atoms with Gasteiger partial charge in [0.1, 0.15) is 18.0 Å². The molecule has 1 aliphatic rings. The molecule has 1 amide bonds. The molecule has 0 unspecified atom stereocenters. The number of thiocarbonyl (C=S) groups is 1. The second-order valence-corrected chi connectivity index (χ2v) is 7.93. The highest BCUT2D eigenvalue weighted by Gasteiger charge is 2.50. The molecule has 31 heavy (non-hydrogen) atoms. The van der Waals surface area contributed by atoms with E-state index >= 15 is 0 Å². The Morgan fingerprint density at radius 2 is 1.74 bits per heavy atom. The normalized spacial score (nSPS) is 16.3. The maximum Gasteiger partial charge on any atom is 0.416 e. The zero-order valence-corrected chi connectivity index (χ0v) is 17.6. The first-order valence-electron chi connectivity index (χ1n) is 9.11. The molecule has 1 heterocycles. The zero-order chi connectivity index (χ0) is 23.3. The Morgan fingerprint density at radius 1 is 1.13 bits per heavy atom. The number of aliphatic hydroxyl groups excluding tert-OH is 1. The van der Waals surface area contributed by atoms with Gasteiger partial charge < -0.3 is 10.0 Å². The maximum absolute atomic E-state index is 14.4. The number of Topliss-reactive ketones (excluding diaryl/α,β-unsaturated/α-hetero) is 1. The molecule has 0 radical (unpaired) electrons. The highest BCUT2D eigenvalue weighted by Crippen LogP contribution is 2.39. The van der Waals surface area contributed by atoms with Crippen LogP contribution < -0.4 is 9.80 Å². The monoisotopic (exact) mass is 454 g/mol. The third-order valence-electron chi connectivity index (χ3n) is 5.11. The van der Waals surface area contributed by atoms with Crippen molar-refractivity contribution in [3.05, 3.63) is 58.9 Å². The summed E-state index contributed by atoms with van der Waals surface area (Å²) in [5, 5.41) is 8.80. The molecule has 1 saturated heterocycles. The Morgan fingerprint density at radius 3 is 2.29 bits per heavy atom. The number of anilines is 2. The molecule has 0 spiro atoms. The van der Waals surface area contributed by atoms with Crippen LogP contribution >= 0.6 is 12.2 Å². The molecule has 0 saturated carbocycles. The smallest absolute Gasteiger partial charge is 0.388 e. The molecule has 0 atom stereocenters. The lowest BCUT2D eigenvalue weighted by Gasteiger charge is -2.29. The van der Waals surface area contributed by atoms with E-state index in [0.717, 1.165) is 23.1 Å². The van der Waals surface area contributed by atoms with Crippen molar-refractivity contribution in [2.75, 3.05) is 16.4 Å². The number of amides is 1. The predicted molar refractivity (Wildman–Crippen MR) is 111 cm³/mol. The third kappa shape index (κ3) is 3.81. The Hall–Kier alpha value is -2.85. The Kier molecular flexibility index (Phi) is 5.66. The fourth-order valence-electron chi connectivity index (χ4n) is 3.47. The molecule has 10 heteroatoms. The second-order valence-electron chi connectivity index (χ2n) is 7.56. The molecule has 0 aliphatic carbocycles. The van der Waals surface area contributed by atoms with E-state index < -0.39 is 41.4 Å². The first kappa shape index (κ1) is 22.8. The summed E-state index contributed by atoms with van der Waals surface area (Å²) in [5.41, 5.74) is -2.48. The van der Waals surface area contributed by atoms with Crippen LogP contribution in [0, 0.1) is 12.7 Å². The van der Waals surface area contributed by atoms with Crippen LogP contribution in [0.15, 0.2) is 36.4 Å². The van der Waals surface area contributed by atoms with Gasteiger partial charge in [0.25, 0.3) is 5.91 Å². The van der Waals surface area contributed by atoms with Crippen LogP contribution in [0.4, 0.5) is 28.9 Å². The van der Waals surface area contributed by atoms with Crippen LogP contribution in [-0.2, 0) is 11.0 Å². The summed E-state index contributed by atoms with van der Waals surface area (Å²) >= 11 is 5.39. The molecule has 0 aromatic heterocycles. The van der Waals surface area contributed by atoms with Crippen molar-refractivity contribution < 1.29 is 32.3 Å². The summed E-state index contributed by atoms with van der Waals surface area (Å²) in [6.07, 6.45) is -4.61. The summed E-state index contributed by atoms with van der Waals surface area (Å²) in [6.45, 7) is 3.45. The zero-order valence-electron chi connectivity index (χ0n) is 16.7. The van der Waals surface area contributed by atoms with E-state index in [2.05, 4.69) is 0 Å². The van der Waals surface area contributed by atoms with Crippen LogP contribution in [-0.4, -0.2) is 34.1 Å². The van der Waals surface area contributed by atoms with E-state index in [1.165, 1.54) is 43.9 Å². The minimum Gasteiger partial charge on any atom is -0.388 e. The molecule has 1 fully saturated rings. The number of alkyl halides is 3. The lowest BCUT2D eigenvalue weighted by atomic mass is 10.0. The quantitative estimate of drug-likeness (QED) is 0.425. The maximum atomic E-state index is 14.4. The van der Waals surface area contributed by atoms with Gasteiger partial charge in [-0.15, -0.1) is 0 Å². The number of hydrogen-bond acceptors (Lipinski definition) is 4. The lowest BCUT2D eigenvalue weighted by molar-refractivity contribution is -0.138. The average Bonchev–Trinajstić information content (AvgIpc) is 2.85. The van der Waals surface area contributed by atoms with Crippen molar-refractivity contribution in [2.24, 2.45) is 0 Å². The summed E-state index contributed by atoms with van der Waals surface area (Å²) in [7, 11) is 0. The minimum absolute atomic E-state index is 0.00357. The molecular formula is C21H18F4N2O3S. The van der Waals surface area contributed by atoms with Crippen molar-refractivity contribution in [3.63, 3.8) is 0 Å². The molecule has 164 valence electrons. The van der Waals surface area contributed by atoms with E-state index in [1.807, 2.05) is 0 Å². The van der Waals surface area contributed by atoms with Gasteiger partial charge in [0.2, 0.25) is 0 Å². The molecule has 1 aliphatic heterocycles. The fraction of sp³-hybridized carbons (Fsp3) is 0.286. The largest absolute Gasteiger partial charge is 0.416 e. The molecule has 0 bridgehead atoms. The van der Waals surface area contributed by atoms with Gasteiger partial charge in [-0.05, 0) is 68.9 Å². The molecule has 1 N–H and O–H groups in total. The van der Waals surface area contributed by atoms with Crippen LogP contribution in [0.2, 0.25) is 0 Å². The number of benzene rings is 2. The third-order valence-corrected chi connectivity index (χ3v) is 5.47. The van der Waals surface area contributed by atoms with Crippen molar-refractivity contribution in [3.8, 4) is 0 Å². The van der Waals surface area contributed by atoms with Gasteiger partial charge in [-0.2, -0.15) is 13.2 Å². The van der Waals surface area contributed by atoms with Gasteiger partial charge in [0.05, 0.1) is 16.8 Å².